The van der Waals surface area contributed by atoms with Crippen LogP contribution in [-0.2, 0) is 17.6 Å². The third kappa shape index (κ3) is 3.99. The standard InChI is InChI=1S/C22H26N2O3/c25-22(26)24-19(16-23-10-12-27-13-11-23)15-18-8-4-5-9-20(18)21(24)14-17-6-2-1-3-7-17/h1-9,19,21H,10-16H2,(H,25,26)/t19-,21?/m0/s1. The Balaban J connectivity index is 1.65. The van der Waals surface area contributed by atoms with Crippen molar-refractivity contribution in [2.24, 2.45) is 0 Å². The third-order valence-corrected chi connectivity index (χ3v) is 5.66. The van der Waals surface area contributed by atoms with Crippen molar-refractivity contribution in [3.05, 3.63) is 71.3 Å². The number of hydrogen-bond donors (Lipinski definition) is 1. The summed E-state index contributed by atoms with van der Waals surface area (Å²) >= 11 is 0. The molecule has 0 aliphatic carbocycles. The highest BCUT2D eigenvalue weighted by atomic mass is 16.5. The third-order valence-electron chi connectivity index (χ3n) is 5.66. The van der Waals surface area contributed by atoms with Crippen LogP contribution >= 0.6 is 0 Å². The van der Waals surface area contributed by atoms with Crippen molar-refractivity contribution in [2.45, 2.75) is 24.9 Å². The van der Waals surface area contributed by atoms with Crippen LogP contribution in [0.15, 0.2) is 54.6 Å². The summed E-state index contributed by atoms with van der Waals surface area (Å²) in [5.41, 5.74) is 3.58. The van der Waals surface area contributed by atoms with Gasteiger partial charge in [0.05, 0.1) is 25.3 Å². The molecule has 2 heterocycles. The van der Waals surface area contributed by atoms with E-state index in [1.165, 1.54) is 5.56 Å². The highest BCUT2D eigenvalue weighted by Crippen LogP contribution is 2.36. The number of carboxylic acid groups (broad SMARTS) is 1. The van der Waals surface area contributed by atoms with Gasteiger partial charge in [0.15, 0.2) is 0 Å². The summed E-state index contributed by atoms with van der Waals surface area (Å²) in [5.74, 6) is 0. The maximum absolute atomic E-state index is 12.3. The summed E-state index contributed by atoms with van der Waals surface area (Å²) in [6.45, 7) is 3.95. The summed E-state index contributed by atoms with van der Waals surface area (Å²) in [7, 11) is 0. The number of fused-ring (bicyclic) bond motifs is 1. The Morgan fingerprint density at radius 2 is 1.74 bits per heavy atom. The van der Waals surface area contributed by atoms with Crippen molar-refractivity contribution in [3.63, 3.8) is 0 Å². The van der Waals surface area contributed by atoms with Gasteiger partial charge in [-0.05, 0) is 29.5 Å². The molecular formula is C22H26N2O3. The number of benzene rings is 2. The second-order valence-corrected chi connectivity index (χ2v) is 7.37. The van der Waals surface area contributed by atoms with Crippen molar-refractivity contribution in [2.75, 3.05) is 32.8 Å². The topological polar surface area (TPSA) is 53.0 Å². The first-order valence-corrected chi connectivity index (χ1v) is 9.65. The Hall–Kier alpha value is -2.37. The van der Waals surface area contributed by atoms with E-state index in [2.05, 4.69) is 35.2 Å². The minimum Gasteiger partial charge on any atom is -0.465 e. The molecule has 0 saturated carbocycles. The fourth-order valence-corrected chi connectivity index (χ4v) is 4.37. The zero-order valence-corrected chi connectivity index (χ0v) is 15.5. The molecule has 0 aromatic heterocycles. The molecule has 1 N–H and O–H groups in total. The molecule has 27 heavy (non-hydrogen) atoms. The van der Waals surface area contributed by atoms with Gasteiger partial charge >= 0.3 is 6.09 Å². The largest absolute Gasteiger partial charge is 0.465 e. The van der Waals surface area contributed by atoms with E-state index in [1.807, 2.05) is 24.3 Å². The van der Waals surface area contributed by atoms with E-state index in [-0.39, 0.29) is 12.1 Å². The van der Waals surface area contributed by atoms with Crippen LogP contribution in [0.4, 0.5) is 4.79 Å². The van der Waals surface area contributed by atoms with Gasteiger partial charge in [0.2, 0.25) is 0 Å². The van der Waals surface area contributed by atoms with Crippen molar-refractivity contribution in [1.29, 1.82) is 0 Å². The van der Waals surface area contributed by atoms with Gasteiger partial charge in [-0.15, -0.1) is 0 Å². The van der Waals surface area contributed by atoms with Crippen LogP contribution in [0.1, 0.15) is 22.7 Å². The van der Waals surface area contributed by atoms with Crippen LogP contribution in [0, 0.1) is 0 Å². The Morgan fingerprint density at radius 3 is 2.48 bits per heavy atom. The van der Waals surface area contributed by atoms with E-state index in [9.17, 15) is 9.90 Å². The summed E-state index contributed by atoms with van der Waals surface area (Å²) in [6.07, 6.45) is 0.637. The minimum atomic E-state index is -0.830. The van der Waals surface area contributed by atoms with Crippen LogP contribution in [0.3, 0.4) is 0 Å². The first-order chi connectivity index (χ1) is 13.2. The molecule has 0 radical (unpaired) electrons. The van der Waals surface area contributed by atoms with Gasteiger partial charge in [-0.3, -0.25) is 9.80 Å². The lowest BCUT2D eigenvalue weighted by atomic mass is 9.85. The molecule has 1 saturated heterocycles. The fourth-order valence-electron chi connectivity index (χ4n) is 4.37. The van der Waals surface area contributed by atoms with E-state index in [1.54, 1.807) is 4.90 Å². The SMILES string of the molecule is O=C(O)N1C(Cc2ccccc2)c2ccccc2C[C@H]1CN1CCOCC1. The van der Waals surface area contributed by atoms with E-state index in [4.69, 9.17) is 4.74 Å². The monoisotopic (exact) mass is 366 g/mol. The van der Waals surface area contributed by atoms with Gasteiger partial charge in [-0.1, -0.05) is 54.6 Å². The smallest absolute Gasteiger partial charge is 0.408 e. The number of nitrogens with zero attached hydrogens (tertiary/aromatic N) is 2. The first-order valence-electron chi connectivity index (χ1n) is 9.65. The molecule has 1 unspecified atom stereocenters. The highest BCUT2D eigenvalue weighted by Gasteiger charge is 2.38. The average Bonchev–Trinajstić information content (AvgIpc) is 2.69. The summed E-state index contributed by atoms with van der Waals surface area (Å²) < 4.78 is 5.45. The number of amides is 1. The number of rotatable bonds is 4. The van der Waals surface area contributed by atoms with Gasteiger partial charge < -0.3 is 9.84 Å². The lowest BCUT2D eigenvalue weighted by molar-refractivity contribution is 0.0154. The quantitative estimate of drug-likeness (QED) is 0.903. The molecule has 1 fully saturated rings. The normalized spacial score (nSPS) is 23.0. The van der Waals surface area contributed by atoms with E-state index >= 15 is 0 Å². The first kappa shape index (κ1) is 18.0. The molecule has 5 heteroatoms. The maximum Gasteiger partial charge on any atom is 0.408 e. The van der Waals surface area contributed by atoms with Gasteiger partial charge in [-0.25, -0.2) is 4.79 Å². The number of carbonyl (C=O) groups is 1. The molecule has 2 aliphatic rings. The lowest BCUT2D eigenvalue weighted by Crippen LogP contribution is -2.53. The molecule has 1 amide bonds. The van der Waals surface area contributed by atoms with Crippen LogP contribution in [0.5, 0.6) is 0 Å². The van der Waals surface area contributed by atoms with Gasteiger partial charge in [0, 0.05) is 19.6 Å². The molecule has 0 spiro atoms. The Labute approximate surface area is 160 Å². The zero-order valence-electron chi connectivity index (χ0n) is 15.5. The molecule has 0 bridgehead atoms. The van der Waals surface area contributed by atoms with E-state index < -0.39 is 6.09 Å². The molecular weight excluding hydrogens is 340 g/mol. The van der Waals surface area contributed by atoms with Gasteiger partial charge in [0.1, 0.15) is 0 Å². The lowest BCUT2D eigenvalue weighted by Gasteiger charge is -2.44. The van der Waals surface area contributed by atoms with Gasteiger partial charge in [-0.2, -0.15) is 0 Å². The Kier molecular flexibility index (Phi) is 5.41. The Bertz CT molecular complexity index is 774. The fraction of sp³-hybridized carbons (Fsp3) is 0.409. The highest BCUT2D eigenvalue weighted by molar-refractivity contribution is 5.67. The molecule has 4 rings (SSSR count). The molecule has 2 aromatic carbocycles. The predicted molar refractivity (Wildman–Crippen MR) is 104 cm³/mol. The van der Waals surface area contributed by atoms with E-state index in [0.717, 1.165) is 50.4 Å². The maximum atomic E-state index is 12.3. The zero-order chi connectivity index (χ0) is 18.6. The molecule has 142 valence electrons. The molecule has 5 nitrogen and oxygen atoms in total. The molecule has 2 atom stereocenters. The van der Waals surface area contributed by atoms with E-state index in [0.29, 0.717) is 6.42 Å². The predicted octanol–water partition coefficient (Wildman–Crippen LogP) is 3.21. The van der Waals surface area contributed by atoms with Gasteiger partial charge in [0.25, 0.3) is 0 Å². The van der Waals surface area contributed by atoms with Crippen LogP contribution in [0.2, 0.25) is 0 Å². The second kappa shape index (κ2) is 8.11. The van der Waals surface area contributed by atoms with Crippen molar-refractivity contribution < 1.29 is 14.6 Å². The number of hydrogen-bond acceptors (Lipinski definition) is 3. The van der Waals surface area contributed by atoms with Crippen molar-refractivity contribution in [1.82, 2.24) is 9.80 Å². The van der Waals surface area contributed by atoms with Crippen LogP contribution < -0.4 is 0 Å². The summed E-state index contributed by atoms with van der Waals surface area (Å²) in [4.78, 5) is 16.3. The van der Waals surface area contributed by atoms with Crippen molar-refractivity contribution in [3.8, 4) is 0 Å². The number of ether oxygens (including phenoxy) is 1. The minimum absolute atomic E-state index is 0.0378. The van der Waals surface area contributed by atoms with Crippen LogP contribution in [0.25, 0.3) is 0 Å². The molecule has 2 aromatic rings. The summed E-state index contributed by atoms with van der Waals surface area (Å²) in [5, 5.41) is 10.1. The van der Waals surface area contributed by atoms with Crippen LogP contribution in [-0.4, -0.2) is 59.9 Å². The summed E-state index contributed by atoms with van der Waals surface area (Å²) in [6, 6.07) is 18.3. The number of morpholine rings is 1. The Morgan fingerprint density at radius 1 is 1.04 bits per heavy atom. The second-order valence-electron chi connectivity index (χ2n) is 7.37. The molecule has 2 aliphatic heterocycles. The van der Waals surface area contributed by atoms with Crippen molar-refractivity contribution >= 4 is 6.09 Å². The average molecular weight is 366 g/mol.